The molecule has 4 heteroatoms. The van der Waals surface area contributed by atoms with Crippen molar-refractivity contribution in [2.45, 2.75) is 19.9 Å². The van der Waals surface area contributed by atoms with Crippen LogP contribution >= 0.6 is 11.3 Å². The molecule has 0 radical (unpaired) electrons. The van der Waals surface area contributed by atoms with Crippen molar-refractivity contribution in [2.24, 2.45) is 0 Å². The molecule has 0 aliphatic rings. The molecule has 0 spiro atoms. The number of nitrogens with two attached hydrogens (primary N) is 1. The van der Waals surface area contributed by atoms with Gasteiger partial charge >= 0.3 is 0 Å². The largest absolute Gasteiger partial charge is 0.398 e. The van der Waals surface area contributed by atoms with Crippen LogP contribution in [0.2, 0.25) is 0 Å². The lowest BCUT2D eigenvalue weighted by molar-refractivity contribution is 0.0955. The molecule has 1 amide bonds. The third kappa shape index (κ3) is 2.90. The average molecular weight is 260 g/mol. The molecule has 0 aliphatic carbocycles. The Kier molecular flexibility index (Phi) is 3.99. The van der Waals surface area contributed by atoms with Crippen LogP contribution in [0.5, 0.6) is 0 Å². The second-order valence-corrected chi connectivity index (χ2v) is 5.17. The van der Waals surface area contributed by atoms with E-state index in [2.05, 4.69) is 12.2 Å². The van der Waals surface area contributed by atoms with E-state index < -0.39 is 0 Å². The zero-order valence-corrected chi connectivity index (χ0v) is 11.1. The third-order valence-corrected chi connectivity index (χ3v) is 3.96. The van der Waals surface area contributed by atoms with Gasteiger partial charge in [-0.15, -0.1) is 11.3 Å². The normalized spacial score (nSPS) is 10.3. The van der Waals surface area contributed by atoms with Gasteiger partial charge in [0.1, 0.15) is 0 Å². The van der Waals surface area contributed by atoms with Crippen LogP contribution in [-0.2, 0) is 13.0 Å². The summed E-state index contributed by atoms with van der Waals surface area (Å²) in [6.07, 6.45) is 0.962. The predicted octanol–water partition coefficient (Wildman–Crippen LogP) is 2.82. The van der Waals surface area contributed by atoms with Crippen LogP contribution in [0, 0.1) is 0 Å². The highest BCUT2D eigenvalue weighted by Gasteiger charge is 2.08. The summed E-state index contributed by atoms with van der Waals surface area (Å²) < 4.78 is 0. The maximum absolute atomic E-state index is 11.9. The molecule has 0 saturated carbocycles. The van der Waals surface area contributed by atoms with Crippen molar-refractivity contribution in [3.05, 3.63) is 51.7 Å². The van der Waals surface area contributed by atoms with Crippen molar-refractivity contribution in [3.63, 3.8) is 0 Å². The quantitative estimate of drug-likeness (QED) is 0.831. The predicted molar refractivity (Wildman–Crippen MR) is 75.7 cm³/mol. The Hall–Kier alpha value is -1.81. The van der Waals surface area contributed by atoms with E-state index in [1.807, 2.05) is 36.4 Å². The Morgan fingerprint density at radius 3 is 2.72 bits per heavy atom. The van der Waals surface area contributed by atoms with Gasteiger partial charge in [-0.25, -0.2) is 0 Å². The molecule has 18 heavy (non-hydrogen) atoms. The number of para-hydroxylation sites is 1. The summed E-state index contributed by atoms with van der Waals surface area (Å²) in [5, 5.41) is 2.88. The van der Waals surface area contributed by atoms with E-state index in [1.165, 1.54) is 16.2 Å². The Morgan fingerprint density at radius 2 is 2.06 bits per heavy atom. The average Bonchev–Trinajstić information content (AvgIpc) is 2.86. The summed E-state index contributed by atoms with van der Waals surface area (Å²) in [5.74, 6) is -0.0389. The molecule has 0 aliphatic heterocycles. The van der Waals surface area contributed by atoms with Gasteiger partial charge in [0.05, 0.1) is 4.88 Å². The van der Waals surface area contributed by atoms with E-state index in [-0.39, 0.29) is 5.91 Å². The smallest absolute Gasteiger partial charge is 0.261 e. The zero-order chi connectivity index (χ0) is 13.0. The summed E-state index contributed by atoms with van der Waals surface area (Å²) in [7, 11) is 0. The molecule has 0 atom stereocenters. The van der Waals surface area contributed by atoms with Gasteiger partial charge in [0.15, 0.2) is 0 Å². The van der Waals surface area contributed by atoms with Gasteiger partial charge in [-0.1, -0.05) is 25.1 Å². The van der Waals surface area contributed by atoms with Crippen molar-refractivity contribution < 1.29 is 4.79 Å². The van der Waals surface area contributed by atoms with Crippen molar-refractivity contribution in [1.29, 1.82) is 0 Å². The standard InChI is InChI=1S/C14H16N2OS/c1-2-11-7-8-13(18-11)14(17)16-9-10-5-3-4-6-12(10)15/h3-8H,2,9,15H2,1H3,(H,16,17). The fourth-order valence-corrected chi connectivity index (χ4v) is 2.51. The van der Waals surface area contributed by atoms with Crippen LogP contribution < -0.4 is 11.1 Å². The van der Waals surface area contributed by atoms with Crippen LogP contribution in [-0.4, -0.2) is 5.91 Å². The lowest BCUT2D eigenvalue weighted by Gasteiger charge is -2.06. The fourth-order valence-electron chi connectivity index (χ4n) is 1.65. The lowest BCUT2D eigenvalue weighted by Crippen LogP contribution is -2.22. The molecule has 0 unspecified atom stereocenters. The number of nitrogen functional groups attached to an aromatic ring is 1. The molecule has 0 fully saturated rings. The van der Waals surface area contributed by atoms with Crippen LogP contribution in [0.3, 0.4) is 0 Å². The highest BCUT2D eigenvalue weighted by molar-refractivity contribution is 7.14. The number of nitrogens with one attached hydrogen (secondary N) is 1. The number of carbonyl (C=O) groups excluding carboxylic acids is 1. The van der Waals surface area contributed by atoms with Gasteiger partial charge in [-0.2, -0.15) is 0 Å². The first-order valence-electron chi connectivity index (χ1n) is 5.91. The zero-order valence-electron chi connectivity index (χ0n) is 10.3. The van der Waals surface area contributed by atoms with Gasteiger partial charge in [0, 0.05) is 17.1 Å². The second-order valence-electron chi connectivity index (χ2n) is 4.00. The summed E-state index contributed by atoms with van der Waals surface area (Å²) in [6, 6.07) is 11.4. The number of hydrogen-bond acceptors (Lipinski definition) is 3. The Bertz CT molecular complexity index is 548. The fraction of sp³-hybridized carbons (Fsp3) is 0.214. The summed E-state index contributed by atoms with van der Waals surface area (Å²) in [5.41, 5.74) is 7.47. The molecule has 2 aromatic rings. The molecule has 3 N–H and O–H groups in total. The molecule has 0 saturated heterocycles. The molecule has 1 heterocycles. The van der Waals surface area contributed by atoms with Crippen molar-refractivity contribution >= 4 is 22.9 Å². The minimum Gasteiger partial charge on any atom is -0.398 e. The number of thiophene rings is 1. The highest BCUT2D eigenvalue weighted by atomic mass is 32.1. The molecular weight excluding hydrogens is 244 g/mol. The van der Waals surface area contributed by atoms with Gasteiger partial charge < -0.3 is 11.1 Å². The number of rotatable bonds is 4. The van der Waals surface area contributed by atoms with Crippen LogP contribution in [0.1, 0.15) is 27.0 Å². The number of carbonyl (C=O) groups is 1. The number of benzene rings is 1. The van der Waals surface area contributed by atoms with Crippen molar-refractivity contribution in [1.82, 2.24) is 5.32 Å². The van der Waals surface area contributed by atoms with E-state index in [9.17, 15) is 4.79 Å². The van der Waals surface area contributed by atoms with E-state index in [0.717, 1.165) is 16.9 Å². The third-order valence-electron chi connectivity index (χ3n) is 2.73. The maximum atomic E-state index is 11.9. The lowest BCUT2D eigenvalue weighted by atomic mass is 10.2. The number of aryl methyl sites for hydroxylation is 1. The molecule has 1 aromatic carbocycles. The summed E-state index contributed by atoms with van der Waals surface area (Å²) in [4.78, 5) is 13.9. The molecule has 0 bridgehead atoms. The van der Waals surface area contributed by atoms with Gasteiger partial charge in [0.2, 0.25) is 0 Å². The number of hydrogen-bond donors (Lipinski definition) is 2. The van der Waals surface area contributed by atoms with E-state index in [1.54, 1.807) is 0 Å². The van der Waals surface area contributed by atoms with Crippen LogP contribution in [0.15, 0.2) is 36.4 Å². The van der Waals surface area contributed by atoms with Gasteiger partial charge in [-0.05, 0) is 30.2 Å². The van der Waals surface area contributed by atoms with Gasteiger partial charge in [-0.3, -0.25) is 4.79 Å². The monoisotopic (exact) mass is 260 g/mol. The summed E-state index contributed by atoms with van der Waals surface area (Å²) >= 11 is 1.54. The molecular formula is C14H16N2OS. The molecule has 2 rings (SSSR count). The summed E-state index contributed by atoms with van der Waals surface area (Å²) in [6.45, 7) is 2.54. The maximum Gasteiger partial charge on any atom is 0.261 e. The van der Waals surface area contributed by atoms with E-state index >= 15 is 0 Å². The number of amides is 1. The Balaban J connectivity index is 1.98. The minimum atomic E-state index is -0.0389. The Labute approximate surface area is 111 Å². The first-order chi connectivity index (χ1) is 8.70. The minimum absolute atomic E-state index is 0.0389. The highest BCUT2D eigenvalue weighted by Crippen LogP contribution is 2.17. The second kappa shape index (κ2) is 5.69. The number of anilines is 1. The Morgan fingerprint density at radius 1 is 1.28 bits per heavy atom. The van der Waals surface area contributed by atoms with Crippen LogP contribution in [0.4, 0.5) is 5.69 Å². The molecule has 3 nitrogen and oxygen atoms in total. The molecule has 94 valence electrons. The van der Waals surface area contributed by atoms with Crippen molar-refractivity contribution in [2.75, 3.05) is 5.73 Å². The SMILES string of the molecule is CCc1ccc(C(=O)NCc2ccccc2N)s1. The first-order valence-corrected chi connectivity index (χ1v) is 6.72. The first kappa shape index (κ1) is 12.6. The van der Waals surface area contributed by atoms with Crippen LogP contribution in [0.25, 0.3) is 0 Å². The van der Waals surface area contributed by atoms with E-state index in [0.29, 0.717) is 12.2 Å². The topological polar surface area (TPSA) is 55.1 Å². The van der Waals surface area contributed by atoms with E-state index in [4.69, 9.17) is 5.73 Å². The molecule has 1 aromatic heterocycles. The van der Waals surface area contributed by atoms with Crippen molar-refractivity contribution in [3.8, 4) is 0 Å². The van der Waals surface area contributed by atoms with Gasteiger partial charge in [0.25, 0.3) is 5.91 Å².